The lowest BCUT2D eigenvalue weighted by atomic mass is 10.1. The molecule has 1 fully saturated rings. The molecule has 1 heterocycles. The fourth-order valence-electron chi connectivity index (χ4n) is 3.07. The van der Waals surface area contributed by atoms with E-state index in [1.54, 1.807) is 48.5 Å². The standard InChI is InChI=1S/C20H20ClN3O3/c1-2-22-20(27)14-7-3-5-9-16(14)23-19(26)13-11-18(25)24(12-13)17-10-6-4-8-15(17)21/h3-10,13H,2,11-12H2,1H3,(H,22,27)(H,23,26)/t13-/m0/s1. The van der Waals surface area contributed by atoms with Gasteiger partial charge in [0, 0.05) is 19.5 Å². The van der Waals surface area contributed by atoms with E-state index >= 15 is 0 Å². The summed E-state index contributed by atoms with van der Waals surface area (Å²) < 4.78 is 0. The first-order chi connectivity index (χ1) is 13.0. The number of hydrogen-bond acceptors (Lipinski definition) is 3. The van der Waals surface area contributed by atoms with Gasteiger partial charge in [0.15, 0.2) is 0 Å². The van der Waals surface area contributed by atoms with Crippen molar-refractivity contribution in [3.63, 3.8) is 0 Å². The largest absolute Gasteiger partial charge is 0.352 e. The Kier molecular flexibility index (Phi) is 5.76. The lowest BCUT2D eigenvalue weighted by Crippen LogP contribution is -2.29. The number of carbonyl (C=O) groups is 3. The Hall–Kier alpha value is -2.86. The van der Waals surface area contributed by atoms with E-state index in [0.717, 1.165) is 0 Å². The van der Waals surface area contributed by atoms with Crippen LogP contribution in [0.15, 0.2) is 48.5 Å². The SMILES string of the molecule is CCNC(=O)c1ccccc1NC(=O)[C@H]1CC(=O)N(c2ccccc2Cl)C1. The molecular formula is C20H20ClN3O3. The highest BCUT2D eigenvalue weighted by molar-refractivity contribution is 6.34. The molecule has 3 amide bonds. The van der Waals surface area contributed by atoms with Gasteiger partial charge in [-0.1, -0.05) is 35.9 Å². The fourth-order valence-corrected chi connectivity index (χ4v) is 3.31. The average molecular weight is 386 g/mol. The zero-order chi connectivity index (χ0) is 19.4. The summed E-state index contributed by atoms with van der Waals surface area (Å²) in [5.41, 5.74) is 1.42. The van der Waals surface area contributed by atoms with Gasteiger partial charge in [0.05, 0.1) is 27.9 Å². The van der Waals surface area contributed by atoms with E-state index in [1.165, 1.54) is 4.90 Å². The van der Waals surface area contributed by atoms with Gasteiger partial charge in [0.2, 0.25) is 11.8 Å². The summed E-state index contributed by atoms with van der Waals surface area (Å²) in [6, 6.07) is 13.8. The van der Waals surface area contributed by atoms with Gasteiger partial charge in [-0.3, -0.25) is 14.4 Å². The van der Waals surface area contributed by atoms with E-state index in [0.29, 0.717) is 28.5 Å². The molecule has 1 aliphatic heterocycles. The molecule has 0 aliphatic carbocycles. The van der Waals surface area contributed by atoms with Gasteiger partial charge < -0.3 is 15.5 Å². The molecule has 7 heteroatoms. The molecule has 1 aliphatic rings. The average Bonchev–Trinajstić information content (AvgIpc) is 3.04. The summed E-state index contributed by atoms with van der Waals surface area (Å²) >= 11 is 6.17. The third-order valence-electron chi connectivity index (χ3n) is 4.41. The van der Waals surface area contributed by atoms with Crippen molar-refractivity contribution in [1.29, 1.82) is 0 Å². The molecule has 0 bridgehead atoms. The van der Waals surface area contributed by atoms with Crippen molar-refractivity contribution in [1.82, 2.24) is 5.32 Å². The van der Waals surface area contributed by atoms with Crippen LogP contribution in [0.2, 0.25) is 5.02 Å². The molecule has 3 rings (SSSR count). The molecule has 140 valence electrons. The van der Waals surface area contributed by atoms with E-state index in [-0.39, 0.29) is 30.7 Å². The molecule has 1 saturated heterocycles. The minimum atomic E-state index is -0.518. The van der Waals surface area contributed by atoms with Crippen LogP contribution in [0.25, 0.3) is 0 Å². The Morgan fingerprint density at radius 1 is 1.15 bits per heavy atom. The Morgan fingerprint density at radius 3 is 2.59 bits per heavy atom. The molecule has 0 saturated carbocycles. The van der Waals surface area contributed by atoms with Crippen LogP contribution in [0.1, 0.15) is 23.7 Å². The summed E-state index contributed by atoms with van der Waals surface area (Å²) in [7, 11) is 0. The maximum absolute atomic E-state index is 12.7. The number of amides is 3. The first kappa shape index (κ1) is 18.9. The van der Waals surface area contributed by atoms with Gasteiger partial charge in [-0.15, -0.1) is 0 Å². The first-order valence-electron chi connectivity index (χ1n) is 8.74. The summed E-state index contributed by atoms with van der Waals surface area (Å²) in [5.74, 6) is -1.22. The molecule has 2 aromatic rings. The van der Waals surface area contributed by atoms with Gasteiger partial charge in [0.1, 0.15) is 0 Å². The van der Waals surface area contributed by atoms with Crippen molar-refractivity contribution in [2.45, 2.75) is 13.3 Å². The monoisotopic (exact) mass is 385 g/mol. The van der Waals surface area contributed by atoms with E-state index < -0.39 is 5.92 Å². The summed E-state index contributed by atoms with van der Waals surface area (Å²) in [4.78, 5) is 38.8. The predicted octanol–water partition coefficient (Wildman–Crippen LogP) is 3.08. The predicted molar refractivity (Wildman–Crippen MR) is 105 cm³/mol. The van der Waals surface area contributed by atoms with Crippen LogP contribution < -0.4 is 15.5 Å². The number of para-hydroxylation sites is 2. The summed E-state index contributed by atoms with van der Waals surface area (Å²) in [6.07, 6.45) is 0.0976. The number of nitrogens with one attached hydrogen (secondary N) is 2. The molecular weight excluding hydrogens is 366 g/mol. The van der Waals surface area contributed by atoms with Crippen molar-refractivity contribution in [2.75, 3.05) is 23.3 Å². The van der Waals surface area contributed by atoms with Crippen LogP contribution >= 0.6 is 11.6 Å². The minimum absolute atomic E-state index is 0.0976. The maximum atomic E-state index is 12.7. The number of anilines is 2. The molecule has 0 aromatic heterocycles. The summed E-state index contributed by atoms with van der Waals surface area (Å²) in [5, 5.41) is 5.97. The van der Waals surface area contributed by atoms with E-state index in [4.69, 9.17) is 11.6 Å². The topological polar surface area (TPSA) is 78.5 Å². The Morgan fingerprint density at radius 2 is 1.85 bits per heavy atom. The van der Waals surface area contributed by atoms with Crippen molar-refractivity contribution in [3.8, 4) is 0 Å². The van der Waals surface area contributed by atoms with Crippen molar-refractivity contribution < 1.29 is 14.4 Å². The van der Waals surface area contributed by atoms with Gasteiger partial charge in [-0.25, -0.2) is 0 Å². The van der Waals surface area contributed by atoms with Gasteiger partial charge in [-0.05, 0) is 31.2 Å². The fraction of sp³-hybridized carbons (Fsp3) is 0.250. The Balaban J connectivity index is 1.74. The van der Waals surface area contributed by atoms with Crippen LogP contribution in [0, 0.1) is 5.92 Å². The van der Waals surface area contributed by atoms with Crippen molar-refractivity contribution >= 4 is 40.7 Å². The second-order valence-electron chi connectivity index (χ2n) is 6.25. The third-order valence-corrected chi connectivity index (χ3v) is 4.73. The van der Waals surface area contributed by atoms with Gasteiger partial charge >= 0.3 is 0 Å². The van der Waals surface area contributed by atoms with Gasteiger partial charge in [-0.2, -0.15) is 0 Å². The lowest BCUT2D eigenvalue weighted by molar-refractivity contribution is -0.122. The molecule has 27 heavy (non-hydrogen) atoms. The maximum Gasteiger partial charge on any atom is 0.253 e. The van der Waals surface area contributed by atoms with Crippen molar-refractivity contribution in [2.24, 2.45) is 5.92 Å². The second-order valence-corrected chi connectivity index (χ2v) is 6.66. The highest BCUT2D eigenvalue weighted by Crippen LogP contribution is 2.31. The zero-order valence-electron chi connectivity index (χ0n) is 14.9. The number of hydrogen-bond donors (Lipinski definition) is 2. The number of halogens is 1. The number of benzene rings is 2. The summed E-state index contributed by atoms with van der Waals surface area (Å²) in [6.45, 7) is 2.56. The van der Waals surface area contributed by atoms with E-state index in [2.05, 4.69) is 10.6 Å². The molecule has 2 N–H and O–H groups in total. The van der Waals surface area contributed by atoms with Crippen LogP contribution in [0.5, 0.6) is 0 Å². The molecule has 1 atom stereocenters. The van der Waals surface area contributed by atoms with Crippen LogP contribution in [-0.2, 0) is 9.59 Å². The molecule has 0 radical (unpaired) electrons. The quantitative estimate of drug-likeness (QED) is 0.830. The Bertz CT molecular complexity index is 884. The number of rotatable bonds is 5. The molecule has 0 unspecified atom stereocenters. The smallest absolute Gasteiger partial charge is 0.253 e. The molecule has 6 nitrogen and oxygen atoms in total. The van der Waals surface area contributed by atoms with Crippen LogP contribution in [0.4, 0.5) is 11.4 Å². The first-order valence-corrected chi connectivity index (χ1v) is 9.12. The number of nitrogens with zero attached hydrogens (tertiary/aromatic N) is 1. The minimum Gasteiger partial charge on any atom is -0.352 e. The molecule has 2 aromatic carbocycles. The Labute approximate surface area is 162 Å². The van der Waals surface area contributed by atoms with E-state index in [9.17, 15) is 14.4 Å². The van der Waals surface area contributed by atoms with Crippen LogP contribution in [-0.4, -0.2) is 30.8 Å². The highest BCUT2D eigenvalue weighted by atomic mass is 35.5. The van der Waals surface area contributed by atoms with E-state index in [1.807, 2.05) is 6.92 Å². The molecule has 0 spiro atoms. The zero-order valence-corrected chi connectivity index (χ0v) is 15.6. The van der Waals surface area contributed by atoms with Gasteiger partial charge in [0.25, 0.3) is 5.91 Å². The van der Waals surface area contributed by atoms with Crippen LogP contribution in [0.3, 0.4) is 0 Å². The van der Waals surface area contributed by atoms with Crippen molar-refractivity contribution in [3.05, 3.63) is 59.1 Å². The second kappa shape index (κ2) is 8.22. The number of carbonyl (C=O) groups excluding carboxylic acids is 3. The normalized spacial score (nSPS) is 16.3. The third kappa shape index (κ3) is 4.11. The highest BCUT2D eigenvalue weighted by Gasteiger charge is 2.36. The lowest BCUT2D eigenvalue weighted by Gasteiger charge is -2.18.